The molecule has 0 unspecified atom stereocenters. The fourth-order valence-electron chi connectivity index (χ4n) is 2.93. The fourth-order valence-corrected chi connectivity index (χ4v) is 2.93. The van der Waals surface area contributed by atoms with Crippen LogP contribution in [0.15, 0.2) is 36.4 Å². The molecule has 0 heterocycles. The van der Waals surface area contributed by atoms with E-state index in [1.807, 2.05) is 0 Å². The van der Waals surface area contributed by atoms with Crippen LogP contribution >= 0.6 is 0 Å². The van der Waals surface area contributed by atoms with E-state index in [2.05, 4.69) is 69.4 Å². The first-order chi connectivity index (χ1) is 10.0. The van der Waals surface area contributed by atoms with Gasteiger partial charge in [0.15, 0.2) is 0 Å². The van der Waals surface area contributed by atoms with Gasteiger partial charge in [0.05, 0.1) is 0 Å². The fraction of sp³-hybridized carbons (Fsp3) is 0.500. The number of hydrogen-bond donors (Lipinski definition) is 1. The van der Waals surface area contributed by atoms with Crippen LogP contribution in [0.5, 0.6) is 0 Å². The maximum absolute atomic E-state index is 3.44. The predicted octanol–water partition coefficient (Wildman–Crippen LogP) is 5.11. The van der Waals surface area contributed by atoms with Gasteiger partial charge in [-0.05, 0) is 66.6 Å². The van der Waals surface area contributed by atoms with Gasteiger partial charge in [-0.3, -0.25) is 0 Å². The number of hydrogen-bond acceptors (Lipinski definition) is 1. The van der Waals surface area contributed by atoms with Crippen molar-refractivity contribution in [1.82, 2.24) is 5.32 Å². The standard InChI is InChI=1S/C20H29N/c1-5-21-15-14-20(3,4)13-12-17-11-10-16(2)18-8-6-7-9-19(17)18/h6-11,21H,5,12-15H2,1-4H3. The highest BCUT2D eigenvalue weighted by Crippen LogP contribution is 2.29. The summed E-state index contributed by atoms with van der Waals surface area (Å²) in [6.45, 7) is 11.3. The maximum atomic E-state index is 3.44. The molecule has 2 rings (SSSR count). The second-order valence-corrected chi connectivity index (χ2v) is 6.85. The molecule has 0 spiro atoms. The summed E-state index contributed by atoms with van der Waals surface area (Å²) in [6, 6.07) is 13.4. The minimum atomic E-state index is 0.397. The Kier molecular flexibility index (Phi) is 5.41. The Morgan fingerprint density at radius 2 is 1.67 bits per heavy atom. The molecule has 0 aliphatic carbocycles. The van der Waals surface area contributed by atoms with E-state index in [-0.39, 0.29) is 0 Å². The first-order valence-electron chi connectivity index (χ1n) is 8.21. The smallest absolute Gasteiger partial charge is 0.00439 e. The first-order valence-corrected chi connectivity index (χ1v) is 8.21. The largest absolute Gasteiger partial charge is 0.317 e. The number of rotatable bonds is 7. The lowest BCUT2D eigenvalue weighted by atomic mass is 9.82. The minimum Gasteiger partial charge on any atom is -0.317 e. The highest BCUT2D eigenvalue weighted by atomic mass is 14.8. The second kappa shape index (κ2) is 7.09. The van der Waals surface area contributed by atoms with Gasteiger partial charge < -0.3 is 5.32 Å². The molecule has 0 aliphatic heterocycles. The number of aryl methyl sites for hydroxylation is 2. The molecular weight excluding hydrogens is 254 g/mol. The van der Waals surface area contributed by atoms with E-state index in [4.69, 9.17) is 0 Å². The van der Waals surface area contributed by atoms with E-state index < -0.39 is 0 Å². The molecule has 0 aliphatic rings. The monoisotopic (exact) mass is 283 g/mol. The lowest BCUT2D eigenvalue weighted by molar-refractivity contribution is 0.303. The topological polar surface area (TPSA) is 12.0 Å². The number of benzene rings is 2. The summed E-state index contributed by atoms with van der Waals surface area (Å²) in [5.74, 6) is 0. The van der Waals surface area contributed by atoms with Crippen molar-refractivity contribution in [2.24, 2.45) is 5.41 Å². The molecule has 0 bridgehead atoms. The molecule has 1 heteroatoms. The van der Waals surface area contributed by atoms with E-state index in [0.717, 1.165) is 13.1 Å². The molecular formula is C20H29N. The minimum absolute atomic E-state index is 0.397. The highest BCUT2D eigenvalue weighted by molar-refractivity contribution is 5.88. The average molecular weight is 283 g/mol. The van der Waals surface area contributed by atoms with Crippen LogP contribution in [-0.4, -0.2) is 13.1 Å². The van der Waals surface area contributed by atoms with Crippen LogP contribution in [0.2, 0.25) is 0 Å². The molecule has 0 atom stereocenters. The third-order valence-electron chi connectivity index (χ3n) is 4.53. The molecule has 0 saturated heterocycles. The van der Waals surface area contributed by atoms with Crippen molar-refractivity contribution in [3.8, 4) is 0 Å². The lowest BCUT2D eigenvalue weighted by Crippen LogP contribution is -2.22. The van der Waals surface area contributed by atoms with E-state index >= 15 is 0 Å². The van der Waals surface area contributed by atoms with Gasteiger partial charge in [-0.25, -0.2) is 0 Å². The van der Waals surface area contributed by atoms with E-state index in [0.29, 0.717) is 5.41 Å². The van der Waals surface area contributed by atoms with Gasteiger partial charge >= 0.3 is 0 Å². The second-order valence-electron chi connectivity index (χ2n) is 6.85. The van der Waals surface area contributed by atoms with Gasteiger partial charge in [0.2, 0.25) is 0 Å². The first kappa shape index (κ1) is 16.0. The lowest BCUT2D eigenvalue weighted by Gasteiger charge is -2.25. The van der Waals surface area contributed by atoms with Crippen molar-refractivity contribution in [2.45, 2.75) is 47.0 Å². The Balaban J connectivity index is 2.08. The third-order valence-corrected chi connectivity index (χ3v) is 4.53. The Morgan fingerprint density at radius 1 is 0.952 bits per heavy atom. The summed E-state index contributed by atoms with van der Waals surface area (Å²) in [5, 5.41) is 6.27. The van der Waals surface area contributed by atoms with Crippen LogP contribution in [0.4, 0.5) is 0 Å². The van der Waals surface area contributed by atoms with Crippen LogP contribution < -0.4 is 5.32 Å². The van der Waals surface area contributed by atoms with Crippen molar-refractivity contribution >= 4 is 10.8 Å². The van der Waals surface area contributed by atoms with Crippen molar-refractivity contribution in [3.63, 3.8) is 0 Å². The molecule has 0 aromatic heterocycles. The molecule has 0 fully saturated rings. The molecule has 21 heavy (non-hydrogen) atoms. The molecule has 2 aromatic carbocycles. The summed E-state index contributed by atoms with van der Waals surface area (Å²) in [7, 11) is 0. The summed E-state index contributed by atoms with van der Waals surface area (Å²) >= 11 is 0. The van der Waals surface area contributed by atoms with Crippen molar-refractivity contribution in [2.75, 3.05) is 13.1 Å². The quantitative estimate of drug-likeness (QED) is 0.697. The van der Waals surface area contributed by atoms with Gasteiger partial charge in [0.1, 0.15) is 0 Å². The zero-order valence-electron chi connectivity index (χ0n) is 14.0. The van der Waals surface area contributed by atoms with E-state index in [9.17, 15) is 0 Å². The van der Waals surface area contributed by atoms with Crippen molar-refractivity contribution < 1.29 is 0 Å². The molecule has 1 nitrogen and oxygen atoms in total. The van der Waals surface area contributed by atoms with Crippen LogP contribution in [-0.2, 0) is 6.42 Å². The molecule has 1 N–H and O–H groups in total. The average Bonchev–Trinajstić information content (AvgIpc) is 2.47. The Bertz CT molecular complexity index is 583. The Morgan fingerprint density at radius 3 is 2.38 bits per heavy atom. The Labute approximate surface area is 129 Å². The predicted molar refractivity (Wildman–Crippen MR) is 93.9 cm³/mol. The molecule has 0 saturated carbocycles. The summed E-state index contributed by atoms with van der Waals surface area (Å²) in [5.41, 5.74) is 3.27. The molecule has 114 valence electrons. The van der Waals surface area contributed by atoms with E-state index in [1.165, 1.54) is 41.2 Å². The SMILES string of the molecule is CCNCCC(C)(C)CCc1ccc(C)c2ccccc12. The maximum Gasteiger partial charge on any atom is -0.00439 e. The van der Waals surface area contributed by atoms with Gasteiger partial charge in [-0.15, -0.1) is 0 Å². The normalized spacial score (nSPS) is 12.0. The van der Waals surface area contributed by atoms with Crippen LogP contribution in [0.25, 0.3) is 10.8 Å². The number of fused-ring (bicyclic) bond motifs is 1. The van der Waals surface area contributed by atoms with Gasteiger partial charge in [0.25, 0.3) is 0 Å². The number of nitrogens with one attached hydrogen (secondary N) is 1. The summed E-state index contributed by atoms with van der Waals surface area (Å²) < 4.78 is 0. The zero-order chi connectivity index (χ0) is 15.3. The molecule has 0 radical (unpaired) electrons. The summed E-state index contributed by atoms with van der Waals surface area (Å²) in [4.78, 5) is 0. The van der Waals surface area contributed by atoms with E-state index in [1.54, 1.807) is 0 Å². The summed E-state index contributed by atoms with van der Waals surface area (Å²) in [6.07, 6.45) is 3.65. The van der Waals surface area contributed by atoms with Crippen LogP contribution in [0.3, 0.4) is 0 Å². The Hall–Kier alpha value is -1.34. The third kappa shape index (κ3) is 4.31. The molecule has 0 amide bonds. The van der Waals surface area contributed by atoms with Crippen LogP contribution in [0.1, 0.15) is 44.7 Å². The van der Waals surface area contributed by atoms with Gasteiger partial charge in [-0.1, -0.05) is 57.2 Å². The van der Waals surface area contributed by atoms with Gasteiger partial charge in [0, 0.05) is 0 Å². The zero-order valence-corrected chi connectivity index (χ0v) is 14.0. The van der Waals surface area contributed by atoms with Gasteiger partial charge in [-0.2, -0.15) is 0 Å². The molecule has 2 aromatic rings. The van der Waals surface area contributed by atoms with Crippen LogP contribution in [0, 0.1) is 12.3 Å². The van der Waals surface area contributed by atoms with Crippen molar-refractivity contribution in [1.29, 1.82) is 0 Å². The highest BCUT2D eigenvalue weighted by Gasteiger charge is 2.17. The van der Waals surface area contributed by atoms with Crippen molar-refractivity contribution in [3.05, 3.63) is 47.5 Å².